The van der Waals surface area contributed by atoms with E-state index in [-0.39, 0.29) is 5.92 Å². The van der Waals surface area contributed by atoms with Gasteiger partial charge in [-0.1, -0.05) is 45.4 Å². The summed E-state index contributed by atoms with van der Waals surface area (Å²) in [6.45, 7) is 8.41. The lowest BCUT2D eigenvalue weighted by Gasteiger charge is -2.12. The van der Waals surface area contributed by atoms with E-state index in [0.29, 0.717) is 5.75 Å². The number of hydrogen-bond donors (Lipinski definition) is 1. The minimum Gasteiger partial charge on any atom is -0.504 e. The predicted molar refractivity (Wildman–Crippen MR) is 82.7 cm³/mol. The molecule has 2 aromatic rings. The minimum absolute atomic E-state index is 0.234. The predicted octanol–water partition coefficient (Wildman–Crippen LogP) is 4.35. The molecule has 0 aliphatic rings. The third-order valence-electron chi connectivity index (χ3n) is 3.62. The summed E-state index contributed by atoms with van der Waals surface area (Å²) in [5, 5.41) is 15.1. The van der Waals surface area contributed by atoms with Crippen LogP contribution in [0.15, 0.2) is 24.3 Å². The fourth-order valence-electron chi connectivity index (χ4n) is 2.49. The Labute approximate surface area is 121 Å². The van der Waals surface area contributed by atoms with Crippen molar-refractivity contribution >= 4 is 0 Å². The Morgan fingerprint density at radius 3 is 2.55 bits per heavy atom. The van der Waals surface area contributed by atoms with Crippen LogP contribution in [0.5, 0.6) is 5.75 Å². The molecule has 3 nitrogen and oxygen atoms in total. The van der Waals surface area contributed by atoms with Crippen LogP contribution in [0, 0.1) is 6.92 Å². The second-order valence-electron chi connectivity index (χ2n) is 5.64. The first kappa shape index (κ1) is 14.6. The smallest absolute Gasteiger partial charge is 0.160 e. The van der Waals surface area contributed by atoms with Gasteiger partial charge in [0, 0.05) is 0 Å². The third kappa shape index (κ3) is 2.72. The summed E-state index contributed by atoms with van der Waals surface area (Å²) < 4.78 is 1.92. The highest BCUT2D eigenvalue weighted by molar-refractivity contribution is 5.46. The van der Waals surface area contributed by atoms with Gasteiger partial charge in [0.2, 0.25) is 0 Å². The van der Waals surface area contributed by atoms with Crippen LogP contribution >= 0.6 is 0 Å². The average Bonchev–Trinajstić information content (AvgIpc) is 2.74. The van der Waals surface area contributed by atoms with Crippen molar-refractivity contribution < 1.29 is 5.11 Å². The van der Waals surface area contributed by atoms with Gasteiger partial charge in [-0.05, 0) is 37.3 Å². The van der Waals surface area contributed by atoms with Crippen LogP contribution in [0.3, 0.4) is 0 Å². The number of para-hydroxylation sites is 1. The van der Waals surface area contributed by atoms with Crippen molar-refractivity contribution in [1.29, 1.82) is 0 Å². The molecule has 1 heterocycles. The fourth-order valence-corrected chi connectivity index (χ4v) is 2.49. The molecule has 3 heteroatoms. The molecule has 0 saturated carbocycles. The monoisotopic (exact) mass is 272 g/mol. The number of aromatic hydroxyl groups is 1. The maximum absolute atomic E-state index is 10.5. The van der Waals surface area contributed by atoms with E-state index in [0.717, 1.165) is 36.3 Å². The van der Waals surface area contributed by atoms with Gasteiger partial charge in [-0.15, -0.1) is 0 Å². The maximum Gasteiger partial charge on any atom is 0.160 e. The van der Waals surface area contributed by atoms with Crippen molar-refractivity contribution in [3.05, 3.63) is 41.2 Å². The van der Waals surface area contributed by atoms with E-state index < -0.39 is 0 Å². The first-order chi connectivity index (χ1) is 9.56. The Morgan fingerprint density at radius 2 is 1.95 bits per heavy atom. The van der Waals surface area contributed by atoms with Gasteiger partial charge in [0.25, 0.3) is 0 Å². The van der Waals surface area contributed by atoms with Crippen LogP contribution in [0.2, 0.25) is 0 Å². The van der Waals surface area contributed by atoms with E-state index in [2.05, 4.69) is 44.9 Å². The number of rotatable bonds is 5. The van der Waals surface area contributed by atoms with E-state index in [1.165, 1.54) is 5.56 Å². The molecule has 20 heavy (non-hydrogen) atoms. The molecule has 1 N–H and O–H groups in total. The molecule has 0 unspecified atom stereocenters. The Morgan fingerprint density at radius 1 is 1.25 bits per heavy atom. The molecular weight excluding hydrogens is 248 g/mol. The first-order valence-electron chi connectivity index (χ1n) is 7.43. The molecule has 0 atom stereocenters. The standard InChI is InChI=1S/C17H24N2O/c1-5-6-10-14-17(20)16(12(2)3)19(18-14)15-11-8-7-9-13(15)4/h7-9,11-12,20H,5-6,10H2,1-4H3. The van der Waals surface area contributed by atoms with Gasteiger partial charge in [-0.3, -0.25) is 0 Å². The van der Waals surface area contributed by atoms with E-state index >= 15 is 0 Å². The molecule has 2 rings (SSSR count). The van der Waals surface area contributed by atoms with Crippen LogP contribution in [0.4, 0.5) is 0 Å². The molecule has 1 aromatic carbocycles. The van der Waals surface area contributed by atoms with Crippen LogP contribution < -0.4 is 0 Å². The van der Waals surface area contributed by atoms with Crippen LogP contribution in [-0.2, 0) is 6.42 Å². The summed E-state index contributed by atoms with van der Waals surface area (Å²) in [4.78, 5) is 0. The summed E-state index contributed by atoms with van der Waals surface area (Å²) in [5.41, 5.74) is 3.94. The Bertz CT molecular complexity index is 585. The molecular formula is C17H24N2O. The SMILES string of the molecule is CCCCc1nn(-c2ccccc2C)c(C(C)C)c1O. The van der Waals surface area contributed by atoms with Crippen molar-refractivity contribution in [2.75, 3.05) is 0 Å². The number of unbranched alkanes of at least 4 members (excludes halogenated alkanes) is 1. The number of hydrogen-bond acceptors (Lipinski definition) is 2. The highest BCUT2D eigenvalue weighted by Gasteiger charge is 2.20. The summed E-state index contributed by atoms with van der Waals surface area (Å²) in [6, 6.07) is 8.16. The van der Waals surface area contributed by atoms with Crippen molar-refractivity contribution in [2.24, 2.45) is 0 Å². The zero-order chi connectivity index (χ0) is 14.7. The van der Waals surface area contributed by atoms with E-state index in [4.69, 9.17) is 0 Å². The molecule has 0 spiro atoms. The summed E-state index contributed by atoms with van der Waals surface area (Å²) in [7, 11) is 0. The van der Waals surface area contributed by atoms with Crippen LogP contribution in [0.25, 0.3) is 5.69 Å². The van der Waals surface area contributed by atoms with Gasteiger partial charge in [0.05, 0.1) is 11.4 Å². The summed E-state index contributed by atoms with van der Waals surface area (Å²) >= 11 is 0. The Balaban J connectivity index is 2.54. The quantitative estimate of drug-likeness (QED) is 0.878. The van der Waals surface area contributed by atoms with Crippen molar-refractivity contribution in [3.63, 3.8) is 0 Å². The van der Waals surface area contributed by atoms with Gasteiger partial charge >= 0.3 is 0 Å². The highest BCUT2D eigenvalue weighted by atomic mass is 16.3. The Hall–Kier alpha value is -1.77. The molecule has 0 saturated heterocycles. The molecule has 0 amide bonds. The molecule has 0 bridgehead atoms. The highest BCUT2D eigenvalue weighted by Crippen LogP contribution is 2.32. The average molecular weight is 272 g/mol. The second-order valence-corrected chi connectivity index (χ2v) is 5.64. The minimum atomic E-state index is 0.234. The van der Waals surface area contributed by atoms with Crippen molar-refractivity contribution in [3.8, 4) is 11.4 Å². The van der Waals surface area contributed by atoms with Gasteiger partial charge < -0.3 is 5.11 Å². The van der Waals surface area contributed by atoms with Crippen LogP contribution in [-0.4, -0.2) is 14.9 Å². The Kier molecular flexibility index (Phi) is 4.48. The topological polar surface area (TPSA) is 38.0 Å². The number of aromatic nitrogens is 2. The van der Waals surface area contributed by atoms with Gasteiger partial charge in [-0.2, -0.15) is 5.10 Å². The third-order valence-corrected chi connectivity index (χ3v) is 3.62. The van der Waals surface area contributed by atoms with E-state index in [1.54, 1.807) is 0 Å². The molecule has 0 aliphatic heterocycles. The first-order valence-corrected chi connectivity index (χ1v) is 7.43. The van der Waals surface area contributed by atoms with Crippen molar-refractivity contribution in [2.45, 2.75) is 52.9 Å². The molecule has 108 valence electrons. The summed E-state index contributed by atoms with van der Waals surface area (Å²) in [6.07, 6.45) is 2.99. The van der Waals surface area contributed by atoms with Gasteiger partial charge in [0.15, 0.2) is 5.75 Å². The normalized spacial score (nSPS) is 11.2. The maximum atomic E-state index is 10.5. The van der Waals surface area contributed by atoms with Gasteiger partial charge in [0.1, 0.15) is 5.69 Å². The zero-order valence-electron chi connectivity index (χ0n) is 12.8. The lowest BCUT2D eigenvalue weighted by molar-refractivity contribution is 0.456. The number of aryl methyl sites for hydroxylation is 2. The number of benzene rings is 1. The fraction of sp³-hybridized carbons (Fsp3) is 0.471. The molecule has 1 aromatic heterocycles. The molecule has 0 fully saturated rings. The van der Waals surface area contributed by atoms with E-state index in [9.17, 15) is 5.11 Å². The second kappa shape index (κ2) is 6.12. The molecule has 0 radical (unpaired) electrons. The zero-order valence-corrected chi connectivity index (χ0v) is 12.8. The lowest BCUT2D eigenvalue weighted by atomic mass is 10.1. The molecule has 0 aliphatic carbocycles. The summed E-state index contributed by atoms with van der Waals surface area (Å²) in [5.74, 6) is 0.606. The van der Waals surface area contributed by atoms with Crippen molar-refractivity contribution in [1.82, 2.24) is 9.78 Å². The lowest BCUT2D eigenvalue weighted by Crippen LogP contribution is -2.05. The van der Waals surface area contributed by atoms with Gasteiger partial charge in [-0.25, -0.2) is 4.68 Å². The largest absolute Gasteiger partial charge is 0.504 e. The number of nitrogens with zero attached hydrogens (tertiary/aromatic N) is 2. The van der Waals surface area contributed by atoms with Crippen LogP contribution in [0.1, 0.15) is 56.5 Å². The van der Waals surface area contributed by atoms with E-state index in [1.807, 2.05) is 16.8 Å².